The van der Waals surface area contributed by atoms with Crippen LogP contribution in [0.1, 0.15) is 37.3 Å². The van der Waals surface area contributed by atoms with E-state index in [-0.39, 0.29) is 11.9 Å². The molecule has 120 valence electrons. The monoisotopic (exact) mass is 302 g/mol. The number of urea groups is 1. The third kappa shape index (κ3) is 3.12. The number of aryl methyl sites for hydroxylation is 1. The number of piperidine rings is 1. The quantitative estimate of drug-likeness (QED) is 0.902. The topological polar surface area (TPSA) is 52.6 Å². The van der Waals surface area contributed by atoms with Crippen molar-refractivity contribution in [2.45, 2.75) is 45.3 Å². The lowest BCUT2D eigenvalue weighted by molar-refractivity contribution is -0.0733. The molecule has 3 rings (SSSR count). The number of aliphatic hydroxyl groups is 1. The Labute approximate surface area is 132 Å². The van der Waals surface area contributed by atoms with Crippen molar-refractivity contribution in [1.29, 1.82) is 0 Å². The number of amides is 2. The van der Waals surface area contributed by atoms with Gasteiger partial charge in [-0.05, 0) is 37.7 Å². The minimum atomic E-state index is -0.548. The maximum absolute atomic E-state index is 12.3. The average Bonchev–Trinajstić information content (AvgIpc) is 3.34. The predicted molar refractivity (Wildman–Crippen MR) is 86.4 cm³/mol. The van der Waals surface area contributed by atoms with E-state index in [9.17, 15) is 9.90 Å². The Morgan fingerprint density at radius 1 is 1.36 bits per heavy atom. The summed E-state index contributed by atoms with van der Waals surface area (Å²) in [4.78, 5) is 14.2. The lowest BCUT2D eigenvalue weighted by Gasteiger charge is -2.43. The van der Waals surface area contributed by atoms with Crippen molar-refractivity contribution in [2.24, 2.45) is 11.8 Å². The zero-order valence-electron chi connectivity index (χ0n) is 13.5. The van der Waals surface area contributed by atoms with Gasteiger partial charge < -0.3 is 15.3 Å². The highest BCUT2D eigenvalue weighted by molar-refractivity contribution is 5.74. The van der Waals surface area contributed by atoms with Crippen LogP contribution in [0, 0.1) is 18.8 Å². The normalized spacial score (nSPS) is 28.5. The first kappa shape index (κ1) is 15.3. The van der Waals surface area contributed by atoms with Crippen LogP contribution in [-0.4, -0.2) is 34.7 Å². The van der Waals surface area contributed by atoms with E-state index in [0.717, 1.165) is 18.4 Å². The number of carbonyl (C=O) groups is 1. The summed E-state index contributed by atoms with van der Waals surface area (Å²) in [6.45, 7) is 5.97. The lowest BCUT2D eigenvalue weighted by Crippen LogP contribution is -2.55. The summed E-state index contributed by atoms with van der Waals surface area (Å²) in [5.74, 6) is 0.610. The van der Waals surface area contributed by atoms with E-state index in [4.69, 9.17) is 0 Å². The molecule has 2 N–H and O–H groups in total. The number of nitrogens with zero attached hydrogens (tertiary/aromatic N) is 1. The Kier molecular flexibility index (Phi) is 4.13. The van der Waals surface area contributed by atoms with E-state index in [0.29, 0.717) is 32.0 Å². The first-order chi connectivity index (χ1) is 10.5. The van der Waals surface area contributed by atoms with Crippen LogP contribution < -0.4 is 5.32 Å². The van der Waals surface area contributed by atoms with Crippen LogP contribution in [0.15, 0.2) is 24.3 Å². The maximum Gasteiger partial charge on any atom is 0.317 e. The van der Waals surface area contributed by atoms with Crippen LogP contribution in [0.5, 0.6) is 0 Å². The smallest absolute Gasteiger partial charge is 0.317 e. The van der Waals surface area contributed by atoms with E-state index in [1.54, 1.807) is 0 Å². The van der Waals surface area contributed by atoms with Crippen molar-refractivity contribution in [2.75, 3.05) is 13.1 Å². The molecule has 0 unspecified atom stereocenters. The molecule has 1 saturated heterocycles. The summed E-state index contributed by atoms with van der Waals surface area (Å²) in [6, 6.07) is 8.17. The van der Waals surface area contributed by atoms with Gasteiger partial charge in [0.1, 0.15) is 0 Å². The number of benzene rings is 1. The molecule has 1 saturated carbocycles. The molecule has 2 atom stereocenters. The minimum absolute atomic E-state index is 0.0229. The highest BCUT2D eigenvalue weighted by atomic mass is 16.3. The van der Waals surface area contributed by atoms with E-state index in [2.05, 4.69) is 31.3 Å². The number of hydrogen-bond acceptors (Lipinski definition) is 2. The summed E-state index contributed by atoms with van der Waals surface area (Å²) < 4.78 is 0. The second-order valence-corrected chi connectivity index (χ2v) is 7.01. The number of likely N-dealkylation sites (tertiary alicyclic amines) is 1. The van der Waals surface area contributed by atoms with Crippen molar-refractivity contribution < 1.29 is 9.90 Å². The van der Waals surface area contributed by atoms with Crippen molar-refractivity contribution in [3.8, 4) is 0 Å². The van der Waals surface area contributed by atoms with E-state index >= 15 is 0 Å². The van der Waals surface area contributed by atoms with Gasteiger partial charge in [0.2, 0.25) is 0 Å². The van der Waals surface area contributed by atoms with Gasteiger partial charge >= 0.3 is 6.03 Å². The number of hydrogen-bond donors (Lipinski definition) is 2. The molecule has 4 nitrogen and oxygen atoms in total. The van der Waals surface area contributed by atoms with Gasteiger partial charge in [0.05, 0.1) is 5.60 Å². The van der Waals surface area contributed by atoms with E-state index in [1.165, 1.54) is 5.56 Å². The van der Waals surface area contributed by atoms with Gasteiger partial charge in [-0.1, -0.05) is 36.8 Å². The second-order valence-electron chi connectivity index (χ2n) is 7.01. The fourth-order valence-corrected chi connectivity index (χ4v) is 3.51. The maximum atomic E-state index is 12.3. The highest BCUT2D eigenvalue weighted by Crippen LogP contribution is 2.47. The minimum Gasteiger partial charge on any atom is -0.389 e. The molecule has 1 aromatic rings. The molecule has 1 aliphatic heterocycles. The Morgan fingerprint density at radius 3 is 2.64 bits per heavy atom. The Morgan fingerprint density at radius 2 is 2.05 bits per heavy atom. The summed E-state index contributed by atoms with van der Waals surface area (Å²) in [6.07, 6.45) is 2.98. The van der Waals surface area contributed by atoms with Crippen LogP contribution >= 0.6 is 0 Å². The van der Waals surface area contributed by atoms with Gasteiger partial charge in [0.15, 0.2) is 0 Å². The van der Waals surface area contributed by atoms with E-state index < -0.39 is 5.60 Å². The molecule has 2 amide bonds. The molecule has 22 heavy (non-hydrogen) atoms. The molecule has 4 heteroatoms. The van der Waals surface area contributed by atoms with Crippen LogP contribution in [0.25, 0.3) is 0 Å². The summed E-state index contributed by atoms with van der Waals surface area (Å²) in [7, 11) is 0. The number of carbonyl (C=O) groups excluding carboxylic acids is 1. The van der Waals surface area contributed by atoms with Crippen LogP contribution in [0.4, 0.5) is 4.79 Å². The molecule has 0 bridgehead atoms. The molecule has 0 spiro atoms. The van der Waals surface area contributed by atoms with Crippen molar-refractivity contribution in [1.82, 2.24) is 10.2 Å². The Balaban J connectivity index is 1.52. The molecule has 2 aliphatic rings. The largest absolute Gasteiger partial charge is 0.389 e. The molecule has 2 fully saturated rings. The molecular formula is C18H26N2O2. The highest BCUT2D eigenvalue weighted by Gasteiger charge is 2.50. The second kappa shape index (κ2) is 5.92. The number of nitrogens with one attached hydrogen (secondary N) is 1. The molecule has 0 aromatic heterocycles. The van der Waals surface area contributed by atoms with Crippen LogP contribution in [0.2, 0.25) is 0 Å². The average molecular weight is 302 g/mol. The van der Waals surface area contributed by atoms with Gasteiger partial charge in [0, 0.05) is 25.6 Å². The van der Waals surface area contributed by atoms with Gasteiger partial charge in [0.25, 0.3) is 0 Å². The Hall–Kier alpha value is -1.55. The van der Waals surface area contributed by atoms with E-state index in [1.807, 2.05) is 17.0 Å². The van der Waals surface area contributed by atoms with Gasteiger partial charge in [-0.15, -0.1) is 0 Å². The van der Waals surface area contributed by atoms with Crippen LogP contribution in [-0.2, 0) is 6.54 Å². The SMILES string of the molecule is Cc1ccc(CNC(=O)N2CC[C@](O)(C3CC3)[C@@H](C)C2)cc1. The van der Waals surface area contributed by atoms with Crippen LogP contribution in [0.3, 0.4) is 0 Å². The standard InChI is InChI=1S/C18H26N2O2/c1-13-3-5-15(6-4-13)11-19-17(21)20-10-9-18(22,14(2)12-20)16-7-8-16/h3-6,14,16,22H,7-12H2,1-2H3,(H,19,21)/t14-,18+/m0/s1. The van der Waals surface area contributed by atoms with Gasteiger partial charge in [-0.25, -0.2) is 4.79 Å². The fraction of sp³-hybridized carbons (Fsp3) is 0.611. The zero-order chi connectivity index (χ0) is 15.7. The molecule has 0 radical (unpaired) electrons. The fourth-order valence-electron chi connectivity index (χ4n) is 3.51. The van der Waals surface area contributed by atoms with Crippen molar-refractivity contribution in [3.05, 3.63) is 35.4 Å². The summed E-state index contributed by atoms with van der Waals surface area (Å²) in [5.41, 5.74) is 1.78. The lowest BCUT2D eigenvalue weighted by atomic mass is 9.78. The molecule has 1 aromatic carbocycles. The first-order valence-electron chi connectivity index (χ1n) is 8.30. The third-order valence-electron chi connectivity index (χ3n) is 5.27. The van der Waals surface area contributed by atoms with Crippen molar-refractivity contribution >= 4 is 6.03 Å². The first-order valence-corrected chi connectivity index (χ1v) is 8.30. The van der Waals surface area contributed by atoms with Gasteiger partial charge in [-0.3, -0.25) is 0 Å². The third-order valence-corrected chi connectivity index (χ3v) is 5.27. The predicted octanol–water partition coefficient (Wildman–Crippen LogP) is 2.69. The molecule has 1 heterocycles. The molecule has 1 aliphatic carbocycles. The van der Waals surface area contributed by atoms with Gasteiger partial charge in [-0.2, -0.15) is 0 Å². The Bertz CT molecular complexity index is 539. The zero-order valence-corrected chi connectivity index (χ0v) is 13.5. The molecular weight excluding hydrogens is 276 g/mol. The summed E-state index contributed by atoms with van der Waals surface area (Å²) in [5, 5.41) is 13.7. The number of rotatable bonds is 3. The van der Waals surface area contributed by atoms with Crippen molar-refractivity contribution in [3.63, 3.8) is 0 Å². The summed E-state index contributed by atoms with van der Waals surface area (Å²) >= 11 is 0.